The van der Waals surface area contributed by atoms with E-state index in [2.05, 4.69) is 46.9 Å². The summed E-state index contributed by atoms with van der Waals surface area (Å²) in [5.41, 5.74) is 3.40. The molecule has 0 amide bonds. The number of fused-ring (bicyclic) bond motifs is 1. The molecule has 1 fully saturated rings. The van der Waals surface area contributed by atoms with Crippen LogP contribution in [0, 0.1) is 12.3 Å². The Hall–Kier alpha value is -1.39. The number of aliphatic hydroxyl groups excluding tert-OH is 1. The van der Waals surface area contributed by atoms with Crippen molar-refractivity contribution in [3.63, 3.8) is 0 Å². The lowest BCUT2D eigenvalue weighted by Gasteiger charge is -2.38. The molecule has 3 rings (SSSR count). The molecule has 0 bridgehead atoms. The Bertz CT molecular complexity index is 622. The lowest BCUT2D eigenvalue weighted by atomic mass is 9.73. The van der Waals surface area contributed by atoms with Gasteiger partial charge < -0.3 is 14.8 Å². The van der Waals surface area contributed by atoms with Crippen molar-refractivity contribution in [3.05, 3.63) is 35.8 Å². The Balaban J connectivity index is 1.64. The van der Waals surface area contributed by atoms with Crippen molar-refractivity contribution in [1.29, 1.82) is 0 Å². The molecule has 4 nitrogen and oxygen atoms in total. The summed E-state index contributed by atoms with van der Waals surface area (Å²) < 4.78 is 2.12. The van der Waals surface area contributed by atoms with E-state index in [0.29, 0.717) is 0 Å². The van der Waals surface area contributed by atoms with Gasteiger partial charge in [0, 0.05) is 24.7 Å². The van der Waals surface area contributed by atoms with Gasteiger partial charge in [0.25, 0.3) is 0 Å². The van der Waals surface area contributed by atoms with Gasteiger partial charge in [0.1, 0.15) is 5.65 Å². The average Bonchev–Trinajstić information content (AvgIpc) is 2.85. The fourth-order valence-corrected chi connectivity index (χ4v) is 3.33. The Morgan fingerprint density at radius 2 is 2.33 bits per heavy atom. The first kappa shape index (κ1) is 14.5. The molecule has 2 aromatic heterocycles. The maximum absolute atomic E-state index is 10.2. The fraction of sp³-hybridized carbons (Fsp3) is 0.588. The standard InChI is InChI=1S/C17H25N3O/c1-13-6-8-20-14(11-19-16(20)9-13)10-18-12-17(2)7-4-3-5-15(17)21/h6,8-9,11,15,18,21H,3-5,7,10,12H2,1-2H3. The summed E-state index contributed by atoms with van der Waals surface area (Å²) in [5, 5.41) is 13.7. The first-order chi connectivity index (χ1) is 10.1. The molecule has 0 radical (unpaired) electrons. The van der Waals surface area contributed by atoms with Gasteiger partial charge in [0.2, 0.25) is 0 Å². The summed E-state index contributed by atoms with van der Waals surface area (Å²) in [6.45, 7) is 5.92. The molecule has 0 aliphatic heterocycles. The van der Waals surface area contributed by atoms with Crippen LogP contribution in [0.2, 0.25) is 0 Å². The highest BCUT2D eigenvalue weighted by atomic mass is 16.3. The zero-order valence-corrected chi connectivity index (χ0v) is 13.0. The number of hydrogen-bond acceptors (Lipinski definition) is 3. The normalized spacial score (nSPS) is 26.3. The molecule has 4 heteroatoms. The van der Waals surface area contributed by atoms with Gasteiger partial charge in [-0.1, -0.05) is 19.8 Å². The van der Waals surface area contributed by atoms with E-state index in [1.165, 1.54) is 17.7 Å². The summed E-state index contributed by atoms with van der Waals surface area (Å²) in [6, 6.07) is 4.19. The lowest BCUT2D eigenvalue weighted by molar-refractivity contribution is 0.00110. The molecule has 2 aromatic rings. The van der Waals surface area contributed by atoms with Crippen molar-refractivity contribution in [2.24, 2.45) is 5.41 Å². The van der Waals surface area contributed by atoms with Crippen LogP contribution in [-0.2, 0) is 6.54 Å². The predicted octanol–water partition coefficient (Wildman–Crippen LogP) is 2.67. The monoisotopic (exact) mass is 287 g/mol. The van der Waals surface area contributed by atoms with E-state index in [1.54, 1.807) is 0 Å². The molecule has 1 aliphatic carbocycles. The van der Waals surface area contributed by atoms with E-state index >= 15 is 0 Å². The first-order valence-electron chi connectivity index (χ1n) is 7.90. The maximum atomic E-state index is 10.2. The molecular weight excluding hydrogens is 262 g/mol. The van der Waals surface area contributed by atoms with Crippen LogP contribution in [0.1, 0.15) is 43.9 Å². The SMILES string of the molecule is Cc1ccn2c(CNCC3(C)CCCCC3O)cnc2c1. The van der Waals surface area contributed by atoms with Gasteiger partial charge >= 0.3 is 0 Å². The van der Waals surface area contributed by atoms with Crippen molar-refractivity contribution in [3.8, 4) is 0 Å². The van der Waals surface area contributed by atoms with Gasteiger partial charge in [0.05, 0.1) is 18.0 Å². The van der Waals surface area contributed by atoms with Crippen LogP contribution >= 0.6 is 0 Å². The maximum Gasteiger partial charge on any atom is 0.137 e. The molecule has 2 unspecified atom stereocenters. The van der Waals surface area contributed by atoms with Crippen LogP contribution in [0.15, 0.2) is 24.5 Å². The van der Waals surface area contributed by atoms with Crippen molar-refractivity contribution >= 4 is 5.65 Å². The van der Waals surface area contributed by atoms with E-state index < -0.39 is 0 Å². The number of hydrogen-bond donors (Lipinski definition) is 2. The number of nitrogens with one attached hydrogen (secondary N) is 1. The third-order valence-corrected chi connectivity index (χ3v) is 4.86. The minimum Gasteiger partial charge on any atom is -0.393 e. The Kier molecular flexibility index (Phi) is 4.00. The van der Waals surface area contributed by atoms with Gasteiger partial charge in [-0.05, 0) is 37.5 Å². The second-order valence-electron chi connectivity index (χ2n) is 6.70. The number of imidazole rings is 1. The predicted molar refractivity (Wildman–Crippen MR) is 84.2 cm³/mol. The highest BCUT2D eigenvalue weighted by molar-refractivity contribution is 5.42. The summed E-state index contributed by atoms with van der Waals surface area (Å²) in [4.78, 5) is 4.45. The highest BCUT2D eigenvalue weighted by Gasteiger charge is 2.34. The molecule has 114 valence electrons. The number of aliphatic hydroxyl groups is 1. The van der Waals surface area contributed by atoms with Gasteiger partial charge in [-0.2, -0.15) is 0 Å². The molecule has 0 saturated heterocycles. The number of aromatic nitrogens is 2. The third kappa shape index (κ3) is 2.97. The second kappa shape index (κ2) is 5.78. The lowest BCUT2D eigenvalue weighted by Crippen LogP contribution is -2.43. The molecule has 2 heterocycles. The molecule has 0 aromatic carbocycles. The molecule has 2 N–H and O–H groups in total. The van der Waals surface area contributed by atoms with Crippen LogP contribution in [0.3, 0.4) is 0 Å². The van der Waals surface area contributed by atoms with Gasteiger partial charge in [0.15, 0.2) is 0 Å². The summed E-state index contributed by atoms with van der Waals surface area (Å²) in [6.07, 6.45) is 8.25. The number of nitrogens with zero attached hydrogens (tertiary/aromatic N) is 2. The quantitative estimate of drug-likeness (QED) is 0.909. The van der Waals surface area contributed by atoms with E-state index in [4.69, 9.17) is 0 Å². The van der Waals surface area contributed by atoms with Crippen LogP contribution in [0.25, 0.3) is 5.65 Å². The summed E-state index contributed by atoms with van der Waals surface area (Å²) >= 11 is 0. The number of pyridine rings is 1. The molecule has 2 atom stereocenters. The molecule has 1 saturated carbocycles. The van der Waals surface area contributed by atoms with E-state index in [-0.39, 0.29) is 11.5 Å². The smallest absolute Gasteiger partial charge is 0.137 e. The summed E-state index contributed by atoms with van der Waals surface area (Å²) in [7, 11) is 0. The Labute approximate surface area is 126 Å². The Morgan fingerprint density at radius 1 is 1.48 bits per heavy atom. The van der Waals surface area contributed by atoms with Crippen LogP contribution in [0.5, 0.6) is 0 Å². The zero-order valence-electron chi connectivity index (χ0n) is 13.0. The topological polar surface area (TPSA) is 49.6 Å². The Morgan fingerprint density at radius 3 is 3.14 bits per heavy atom. The van der Waals surface area contributed by atoms with Gasteiger partial charge in [-0.3, -0.25) is 0 Å². The van der Waals surface area contributed by atoms with E-state index in [1.807, 2.05) is 6.20 Å². The second-order valence-corrected chi connectivity index (χ2v) is 6.70. The van der Waals surface area contributed by atoms with E-state index in [0.717, 1.165) is 38.0 Å². The van der Waals surface area contributed by atoms with Crippen molar-refractivity contribution in [1.82, 2.24) is 14.7 Å². The average molecular weight is 287 g/mol. The number of rotatable bonds is 4. The highest BCUT2D eigenvalue weighted by Crippen LogP contribution is 2.35. The van der Waals surface area contributed by atoms with Gasteiger partial charge in [-0.25, -0.2) is 4.98 Å². The largest absolute Gasteiger partial charge is 0.393 e. The van der Waals surface area contributed by atoms with Crippen LogP contribution < -0.4 is 5.32 Å². The number of aryl methyl sites for hydroxylation is 1. The van der Waals surface area contributed by atoms with Crippen LogP contribution in [-0.4, -0.2) is 27.1 Å². The fourth-order valence-electron chi connectivity index (χ4n) is 3.33. The molecule has 0 spiro atoms. The third-order valence-electron chi connectivity index (χ3n) is 4.86. The van der Waals surface area contributed by atoms with Crippen molar-refractivity contribution < 1.29 is 5.11 Å². The molecule has 21 heavy (non-hydrogen) atoms. The van der Waals surface area contributed by atoms with Crippen molar-refractivity contribution in [2.45, 2.75) is 52.2 Å². The summed E-state index contributed by atoms with van der Waals surface area (Å²) in [5.74, 6) is 0. The minimum atomic E-state index is -0.177. The molecular formula is C17H25N3O. The van der Waals surface area contributed by atoms with Gasteiger partial charge in [-0.15, -0.1) is 0 Å². The zero-order chi connectivity index (χ0) is 14.9. The van der Waals surface area contributed by atoms with Crippen LogP contribution in [0.4, 0.5) is 0 Å². The molecule has 1 aliphatic rings. The minimum absolute atomic E-state index is 0.00926. The van der Waals surface area contributed by atoms with E-state index in [9.17, 15) is 5.11 Å². The first-order valence-corrected chi connectivity index (χ1v) is 7.90. The van der Waals surface area contributed by atoms with Crippen molar-refractivity contribution in [2.75, 3.05) is 6.54 Å².